The molecule has 0 bridgehead atoms. The highest BCUT2D eigenvalue weighted by molar-refractivity contribution is 5.28. The van der Waals surface area contributed by atoms with Gasteiger partial charge in [-0.25, -0.2) is 0 Å². The Morgan fingerprint density at radius 1 is 1.00 bits per heavy atom. The molecule has 2 rings (SSSR count). The van der Waals surface area contributed by atoms with Crippen LogP contribution in [0.25, 0.3) is 0 Å². The topological polar surface area (TPSA) is 29.5 Å². The molecule has 1 N–H and O–H groups in total. The van der Waals surface area contributed by atoms with Gasteiger partial charge in [-0.15, -0.1) is 0 Å². The zero-order valence-electron chi connectivity index (χ0n) is 11.4. The Bertz CT molecular complexity index is 574. The monoisotopic (exact) mass is 296 g/mol. The van der Waals surface area contributed by atoms with E-state index in [1.807, 2.05) is 19.1 Å². The fourth-order valence-corrected chi connectivity index (χ4v) is 1.80. The maximum Gasteiger partial charge on any atom is 0.416 e. The van der Waals surface area contributed by atoms with Crippen LogP contribution in [0.2, 0.25) is 0 Å². The van der Waals surface area contributed by atoms with Crippen molar-refractivity contribution in [3.63, 3.8) is 0 Å². The van der Waals surface area contributed by atoms with Gasteiger partial charge in [-0.2, -0.15) is 13.2 Å². The van der Waals surface area contributed by atoms with Gasteiger partial charge in [0, 0.05) is 0 Å². The van der Waals surface area contributed by atoms with Crippen LogP contribution in [0.1, 0.15) is 22.8 Å². The number of aliphatic hydroxyl groups is 1. The van der Waals surface area contributed by atoms with Gasteiger partial charge < -0.3 is 9.84 Å². The van der Waals surface area contributed by atoms with E-state index < -0.39 is 17.8 Å². The van der Waals surface area contributed by atoms with E-state index in [9.17, 15) is 18.3 Å². The summed E-state index contributed by atoms with van der Waals surface area (Å²) in [6.07, 6.45) is -5.35. The summed E-state index contributed by atoms with van der Waals surface area (Å²) in [6, 6.07) is 11.7. The molecule has 0 heterocycles. The number of hydrogen-bond donors (Lipinski definition) is 1. The second kappa shape index (κ2) is 6.18. The summed E-state index contributed by atoms with van der Waals surface area (Å²) in [6.45, 7) is 1.93. The van der Waals surface area contributed by atoms with Gasteiger partial charge in [0.05, 0.1) is 5.56 Å². The minimum Gasteiger partial charge on any atom is -0.491 e. The molecule has 0 radical (unpaired) electrons. The average molecular weight is 296 g/mol. The fraction of sp³-hybridized carbons (Fsp3) is 0.250. The molecule has 1 unspecified atom stereocenters. The normalized spacial score (nSPS) is 13.0. The first kappa shape index (κ1) is 15.4. The lowest BCUT2D eigenvalue weighted by Crippen LogP contribution is -2.10. The first-order valence-electron chi connectivity index (χ1n) is 6.41. The molecule has 0 saturated heterocycles. The molecular formula is C16H15F3O2. The van der Waals surface area contributed by atoms with Gasteiger partial charge in [-0.1, -0.05) is 29.8 Å². The molecule has 0 aliphatic heterocycles. The van der Waals surface area contributed by atoms with Crippen LogP contribution < -0.4 is 4.74 Å². The number of alkyl halides is 3. The van der Waals surface area contributed by atoms with Gasteiger partial charge in [-0.3, -0.25) is 0 Å². The first-order chi connectivity index (χ1) is 9.86. The van der Waals surface area contributed by atoms with Crippen LogP contribution in [0.15, 0.2) is 48.5 Å². The number of aliphatic hydroxyl groups excluding tert-OH is 1. The Kier molecular flexibility index (Phi) is 4.53. The number of halogens is 3. The van der Waals surface area contributed by atoms with Crippen molar-refractivity contribution in [1.82, 2.24) is 0 Å². The van der Waals surface area contributed by atoms with Gasteiger partial charge in [0.25, 0.3) is 0 Å². The van der Waals surface area contributed by atoms with Gasteiger partial charge in [0.15, 0.2) is 0 Å². The van der Waals surface area contributed by atoms with Gasteiger partial charge in [0.2, 0.25) is 0 Å². The third kappa shape index (κ3) is 4.23. The second-order valence-electron chi connectivity index (χ2n) is 4.76. The van der Waals surface area contributed by atoms with Crippen molar-refractivity contribution in [3.05, 3.63) is 65.2 Å². The highest BCUT2D eigenvalue weighted by Crippen LogP contribution is 2.30. The summed E-state index contributed by atoms with van der Waals surface area (Å²) in [5.41, 5.74) is 0.735. The Morgan fingerprint density at radius 3 is 2.10 bits per heavy atom. The molecule has 1 atom stereocenters. The third-order valence-electron chi connectivity index (χ3n) is 3.05. The quantitative estimate of drug-likeness (QED) is 0.919. The molecule has 21 heavy (non-hydrogen) atoms. The fourth-order valence-electron chi connectivity index (χ4n) is 1.80. The van der Waals surface area contributed by atoms with Gasteiger partial charge in [-0.05, 0) is 36.8 Å². The third-order valence-corrected chi connectivity index (χ3v) is 3.05. The zero-order valence-corrected chi connectivity index (χ0v) is 11.4. The van der Waals surface area contributed by atoms with Crippen molar-refractivity contribution < 1.29 is 23.0 Å². The molecule has 2 aromatic rings. The van der Waals surface area contributed by atoms with E-state index in [0.717, 1.165) is 17.7 Å². The predicted molar refractivity (Wildman–Crippen MR) is 73.1 cm³/mol. The SMILES string of the molecule is Cc1ccc(OCC(O)c2ccc(C(F)(F)F)cc2)cc1. The Morgan fingerprint density at radius 2 is 1.57 bits per heavy atom. The van der Waals surface area contributed by atoms with Crippen molar-refractivity contribution in [3.8, 4) is 5.75 Å². The van der Waals surface area contributed by atoms with Crippen LogP contribution in [0.3, 0.4) is 0 Å². The average Bonchev–Trinajstić information content (AvgIpc) is 2.45. The molecular weight excluding hydrogens is 281 g/mol. The van der Waals surface area contributed by atoms with Crippen LogP contribution in [0.5, 0.6) is 5.75 Å². The van der Waals surface area contributed by atoms with Crippen LogP contribution in [0, 0.1) is 6.92 Å². The maximum atomic E-state index is 12.4. The number of aryl methyl sites for hydroxylation is 1. The minimum atomic E-state index is -4.37. The summed E-state index contributed by atoms with van der Waals surface area (Å²) >= 11 is 0. The predicted octanol–water partition coefficient (Wildman–Crippen LogP) is 4.13. The van der Waals surface area contributed by atoms with E-state index >= 15 is 0 Å². The summed E-state index contributed by atoms with van der Waals surface area (Å²) in [4.78, 5) is 0. The Hall–Kier alpha value is -2.01. The van der Waals surface area contributed by atoms with E-state index in [1.165, 1.54) is 12.1 Å². The first-order valence-corrected chi connectivity index (χ1v) is 6.41. The molecule has 2 nitrogen and oxygen atoms in total. The van der Waals surface area contributed by atoms with E-state index in [2.05, 4.69) is 0 Å². The Labute approximate surface area is 120 Å². The summed E-state index contributed by atoms with van der Waals surface area (Å²) < 4.78 is 42.7. The second-order valence-corrected chi connectivity index (χ2v) is 4.76. The maximum absolute atomic E-state index is 12.4. The summed E-state index contributed by atoms with van der Waals surface area (Å²) in [5.74, 6) is 0.603. The molecule has 112 valence electrons. The lowest BCUT2D eigenvalue weighted by Gasteiger charge is -2.14. The number of hydrogen-bond acceptors (Lipinski definition) is 2. The number of rotatable bonds is 4. The van der Waals surface area contributed by atoms with Crippen LogP contribution in [-0.4, -0.2) is 11.7 Å². The molecule has 5 heteroatoms. The van der Waals surface area contributed by atoms with Crippen molar-refractivity contribution in [2.24, 2.45) is 0 Å². The van der Waals surface area contributed by atoms with Gasteiger partial charge in [0.1, 0.15) is 18.5 Å². The van der Waals surface area contributed by atoms with Crippen molar-refractivity contribution in [2.45, 2.75) is 19.2 Å². The highest BCUT2D eigenvalue weighted by Gasteiger charge is 2.30. The zero-order chi connectivity index (χ0) is 15.5. The van der Waals surface area contributed by atoms with E-state index in [0.29, 0.717) is 11.3 Å². The van der Waals surface area contributed by atoms with Crippen molar-refractivity contribution in [1.29, 1.82) is 0 Å². The summed E-state index contributed by atoms with van der Waals surface area (Å²) in [5, 5.41) is 9.92. The highest BCUT2D eigenvalue weighted by atomic mass is 19.4. The van der Waals surface area contributed by atoms with Crippen molar-refractivity contribution >= 4 is 0 Å². The minimum absolute atomic E-state index is 0.0194. The Balaban J connectivity index is 1.97. The number of ether oxygens (including phenoxy) is 1. The van der Waals surface area contributed by atoms with Crippen LogP contribution in [-0.2, 0) is 6.18 Å². The lowest BCUT2D eigenvalue weighted by molar-refractivity contribution is -0.137. The van der Waals surface area contributed by atoms with Crippen LogP contribution >= 0.6 is 0 Å². The standard InChI is InChI=1S/C16H15F3O2/c1-11-2-8-14(9-3-11)21-10-15(20)12-4-6-13(7-5-12)16(17,18)19/h2-9,15,20H,10H2,1H3. The molecule has 0 aliphatic carbocycles. The smallest absolute Gasteiger partial charge is 0.416 e. The molecule has 0 spiro atoms. The van der Waals surface area contributed by atoms with Gasteiger partial charge >= 0.3 is 6.18 Å². The molecule has 0 fully saturated rings. The van der Waals surface area contributed by atoms with Crippen molar-refractivity contribution in [2.75, 3.05) is 6.61 Å². The number of benzene rings is 2. The van der Waals surface area contributed by atoms with Crippen LogP contribution in [0.4, 0.5) is 13.2 Å². The molecule has 0 aliphatic rings. The largest absolute Gasteiger partial charge is 0.491 e. The summed E-state index contributed by atoms with van der Waals surface area (Å²) in [7, 11) is 0. The lowest BCUT2D eigenvalue weighted by atomic mass is 10.1. The van der Waals surface area contributed by atoms with E-state index in [4.69, 9.17) is 4.74 Å². The van der Waals surface area contributed by atoms with E-state index in [1.54, 1.807) is 12.1 Å². The molecule has 2 aromatic carbocycles. The molecule has 0 amide bonds. The van der Waals surface area contributed by atoms with E-state index in [-0.39, 0.29) is 6.61 Å². The molecule has 0 saturated carbocycles. The molecule has 0 aromatic heterocycles.